The number of alkyl carbamates (subject to hydrolysis) is 1. The molecule has 2 heterocycles. The molecule has 3 aromatic rings. The summed E-state index contributed by atoms with van der Waals surface area (Å²) in [6, 6.07) is 22.7. The lowest BCUT2D eigenvalue weighted by Gasteiger charge is -2.36. The van der Waals surface area contributed by atoms with Crippen molar-refractivity contribution < 1.29 is 33.8 Å². The molecule has 49 heavy (non-hydrogen) atoms. The van der Waals surface area contributed by atoms with Crippen molar-refractivity contribution in [2.24, 2.45) is 5.92 Å². The Kier molecular flexibility index (Phi) is 10.7. The average molecular weight is 666 g/mol. The highest BCUT2D eigenvalue weighted by atomic mass is 16.6. The van der Waals surface area contributed by atoms with Gasteiger partial charge < -0.3 is 30.1 Å². The maximum absolute atomic E-state index is 13.5. The van der Waals surface area contributed by atoms with Crippen molar-refractivity contribution in [3.8, 4) is 11.1 Å². The van der Waals surface area contributed by atoms with Gasteiger partial charge in [0, 0.05) is 18.9 Å². The number of nitrogens with zero attached hydrogens (tertiary/aromatic N) is 1. The molecule has 3 N–H and O–H groups in total. The van der Waals surface area contributed by atoms with Crippen LogP contribution in [-0.2, 0) is 36.8 Å². The van der Waals surface area contributed by atoms with E-state index in [0.29, 0.717) is 25.8 Å². The number of carbonyl (C=O) groups excluding carboxylic acids is 4. The highest BCUT2D eigenvalue weighted by Gasteiger charge is 2.33. The van der Waals surface area contributed by atoms with Gasteiger partial charge in [-0.15, -0.1) is 0 Å². The molecule has 3 amide bonds. The van der Waals surface area contributed by atoms with E-state index in [9.17, 15) is 24.3 Å². The van der Waals surface area contributed by atoms with E-state index in [-0.39, 0.29) is 56.4 Å². The number of benzene rings is 3. The van der Waals surface area contributed by atoms with Gasteiger partial charge in [0.2, 0.25) is 11.8 Å². The van der Waals surface area contributed by atoms with E-state index in [4.69, 9.17) is 9.47 Å². The number of nitrogens with one attached hydrogen (secondary N) is 2. The SMILES string of the molecule is CC1CNC(=O)C(CC(=O)N2Cc3ccccc3CC2CO)CC=CCCC(NC(=O)OCC2c3ccccc3-c3ccccc32)C(=O)O1. The number of ether oxygens (including phenoxy) is 2. The molecule has 3 aliphatic rings. The molecule has 0 spiro atoms. The van der Waals surface area contributed by atoms with Crippen molar-refractivity contribution in [2.75, 3.05) is 19.8 Å². The van der Waals surface area contributed by atoms with E-state index in [1.165, 1.54) is 0 Å². The van der Waals surface area contributed by atoms with Crippen LogP contribution in [0.4, 0.5) is 4.79 Å². The van der Waals surface area contributed by atoms with Crippen molar-refractivity contribution in [3.63, 3.8) is 0 Å². The number of cyclic esters (lactones) is 1. The third-order valence-electron chi connectivity index (χ3n) is 9.69. The maximum atomic E-state index is 13.5. The van der Waals surface area contributed by atoms with Gasteiger partial charge in [0.05, 0.1) is 25.1 Å². The smallest absolute Gasteiger partial charge is 0.407 e. The first-order valence-corrected chi connectivity index (χ1v) is 17.0. The largest absolute Gasteiger partial charge is 0.459 e. The monoisotopic (exact) mass is 665 g/mol. The zero-order valence-electron chi connectivity index (χ0n) is 27.7. The molecule has 4 unspecified atom stereocenters. The van der Waals surface area contributed by atoms with Crippen LogP contribution < -0.4 is 10.6 Å². The van der Waals surface area contributed by atoms with Crippen LogP contribution in [-0.4, -0.2) is 71.8 Å². The summed E-state index contributed by atoms with van der Waals surface area (Å²) < 4.78 is 11.3. The lowest BCUT2D eigenvalue weighted by atomic mass is 9.92. The first-order valence-electron chi connectivity index (χ1n) is 17.0. The van der Waals surface area contributed by atoms with Crippen LogP contribution in [0.25, 0.3) is 11.1 Å². The summed E-state index contributed by atoms with van der Waals surface area (Å²) in [5.74, 6) is -1.88. The molecule has 10 nitrogen and oxygen atoms in total. The van der Waals surface area contributed by atoms with Gasteiger partial charge in [0.1, 0.15) is 18.8 Å². The second-order valence-electron chi connectivity index (χ2n) is 13.0. The Balaban J connectivity index is 1.07. The quantitative estimate of drug-likeness (QED) is 0.258. The van der Waals surface area contributed by atoms with Crippen molar-refractivity contribution >= 4 is 23.9 Å². The number of allylic oxidation sites excluding steroid dienone is 2. The summed E-state index contributed by atoms with van der Waals surface area (Å²) in [6.07, 6.45) is 3.85. The van der Waals surface area contributed by atoms with Gasteiger partial charge in [0.25, 0.3) is 0 Å². The van der Waals surface area contributed by atoms with E-state index >= 15 is 0 Å². The van der Waals surface area contributed by atoms with Gasteiger partial charge in [0.15, 0.2) is 0 Å². The minimum atomic E-state index is -0.950. The Bertz CT molecular complexity index is 1680. The summed E-state index contributed by atoms with van der Waals surface area (Å²) in [5, 5.41) is 15.6. The molecule has 1 aliphatic carbocycles. The van der Waals surface area contributed by atoms with Crippen LogP contribution in [0.5, 0.6) is 0 Å². The molecule has 256 valence electrons. The number of carbonyl (C=O) groups is 4. The summed E-state index contributed by atoms with van der Waals surface area (Å²) in [6.45, 7) is 2.05. The van der Waals surface area contributed by atoms with E-state index in [1.807, 2.05) is 72.8 Å². The van der Waals surface area contributed by atoms with Crippen molar-refractivity contribution in [2.45, 2.75) is 69.7 Å². The molecular weight excluding hydrogens is 622 g/mol. The fraction of sp³-hybridized carbons (Fsp3) is 0.385. The minimum Gasteiger partial charge on any atom is -0.459 e. The van der Waals surface area contributed by atoms with Crippen LogP contribution in [0.15, 0.2) is 84.9 Å². The molecule has 0 aromatic heterocycles. The Morgan fingerprint density at radius 1 is 0.959 bits per heavy atom. The van der Waals surface area contributed by atoms with Crippen LogP contribution in [0.3, 0.4) is 0 Å². The Labute approximate surface area is 286 Å². The Morgan fingerprint density at radius 3 is 2.35 bits per heavy atom. The molecule has 10 heteroatoms. The molecule has 0 fully saturated rings. The van der Waals surface area contributed by atoms with Crippen molar-refractivity contribution in [3.05, 3.63) is 107 Å². The first kappa shape index (κ1) is 33.9. The number of aliphatic hydroxyl groups excluding tert-OH is 1. The van der Waals surface area contributed by atoms with Gasteiger partial charge in [-0.05, 0) is 66.0 Å². The lowest BCUT2D eigenvalue weighted by molar-refractivity contribution is -0.151. The molecule has 6 rings (SSSR count). The molecule has 0 saturated heterocycles. The maximum Gasteiger partial charge on any atom is 0.407 e. The van der Waals surface area contributed by atoms with E-state index in [1.54, 1.807) is 11.8 Å². The summed E-state index contributed by atoms with van der Waals surface area (Å²) in [4.78, 5) is 54.6. The fourth-order valence-corrected chi connectivity index (χ4v) is 7.04. The summed E-state index contributed by atoms with van der Waals surface area (Å²) in [5.41, 5.74) is 6.58. The predicted octanol–water partition coefficient (Wildman–Crippen LogP) is 4.63. The zero-order chi connectivity index (χ0) is 34.3. The van der Waals surface area contributed by atoms with Crippen LogP contribution >= 0.6 is 0 Å². The van der Waals surface area contributed by atoms with Gasteiger partial charge in [-0.25, -0.2) is 9.59 Å². The molecule has 0 saturated carbocycles. The number of hydrogen-bond acceptors (Lipinski definition) is 7. The fourth-order valence-electron chi connectivity index (χ4n) is 7.04. The number of amides is 3. The van der Waals surface area contributed by atoms with Gasteiger partial charge in [-0.1, -0.05) is 84.9 Å². The molecule has 0 bridgehead atoms. The van der Waals surface area contributed by atoms with Gasteiger partial charge >= 0.3 is 12.1 Å². The summed E-state index contributed by atoms with van der Waals surface area (Å²) >= 11 is 0. The number of rotatable bonds is 6. The van der Waals surface area contributed by atoms with E-state index in [2.05, 4.69) is 22.8 Å². The molecule has 2 aliphatic heterocycles. The number of hydrogen-bond donors (Lipinski definition) is 3. The van der Waals surface area contributed by atoms with Gasteiger partial charge in [-0.2, -0.15) is 0 Å². The third-order valence-corrected chi connectivity index (χ3v) is 9.69. The van der Waals surface area contributed by atoms with Crippen LogP contribution in [0.2, 0.25) is 0 Å². The van der Waals surface area contributed by atoms with E-state index in [0.717, 1.165) is 33.4 Å². The average Bonchev–Trinajstić information content (AvgIpc) is 3.44. The second-order valence-corrected chi connectivity index (χ2v) is 13.0. The predicted molar refractivity (Wildman–Crippen MR) is 183 cm³/mol. The lowest BCUT2D eigenvalue weighted by Crippen LogP contribution is -2.48. The third kappa shape index (κ3) is 7.86. The zero-order valence-corrected chi connectivity index (χ0v) is 27.7. The Hall–Kier alpha value is -4.96. The standard InChI is InChI=1S/C39H43N3O7/c1-25-21-40-37(45)27(20-36(44)42-22-28-13-6-5-11-26(28)19-29(42)23-43)12-3-2-4-18-35(38(46)49-25)41-39(47)48-24-34-32-16-9-7-14-30(32)31-15-8-10-17-33(31)34/h2-3,5-11,13-17,25,27,29,34-35,43H,4,12,18-24H2,1H3,(H,40,45)(H,41,47). The molecule has 3 aromatic carbocycles. The number of aliphatic hydroxyl groups is 1. The summed E-state index contributed by atoms with van der Waals surface area (Å²) in [7, 11) is 0. The topological polar surface area (TPSA) is 134 Å². The second kappa shape index (κ2) is 15.5. The van der Waals surface area contributed by atoms with Gasteiger partial charge in [-0.3, -0.25) is 9.59 Å². The minimum absolute atomic E-state index is 0.0189. The highest BCUT2D eigenvalue weighted by molar-refractivity contribution is 5.86. The first-order chi connectivity index (χ1) is 23.8. The van der Waals surface area contributed by atoms with Crippen LogP contribution in [0.1, 0.15) is 60.8 Å². The number of esters is 1. The molecular formula is C39H43N3O7. The molecule has 4 atom stereocenters. The normalized spacial score (nSPS) is 22.6. The highest BCUT2D eigenvalue weighted by Crippen LogP contribution is 2.44. The van der Waals surface area contributed by atoms with Crippen molar-refractivity contribution in [1.82, 2.24) is 15.5 Å². The molecule has 0 radical (unpaired) electrons. The van der Waals surface area contributed by atoms with E-state index < -0.39 is 30.1 Å². The Morgan fingerprint density at radius 2 is 1.63 bits per heavy atom. The van der Waals surface area contributed by atoms with Crippen molar-refractivity contribution in [1.29, 1.82) is 0 Å². The number of fused-ring (bicyclic) bond motifs is 4. The van der Waals surface area contributed by atoms with Crippen LogP contribution in [0, 0.1) is 5.92 Å².